The van der Waals surface area contributed by atoms with Crippen molar-refractivity contribution in [2.24, 2.45) is 0 Å². The molecule has 0 amide bonds. The Hall–Kier alpha value is -0.610. The molecule has 27 heavy (non-hydrogen) atoms. The minimum atomic E-state index is 0.435. The van der Waals surface area contributed by atoms with Crippen LogP contribution in [0.25, 0.3) is 0 Å². The van der Waals surface area contributed by atoms with E-state index in [1.54, 1.807) is 0 Å². The molecule has 0 spiro atoms. The topological polar surface area (TPSA) is 75.7 Å². The van der Waals surface area contributed by atoms with Crippen LogP contribution in [0.2, 0.25) is 0 Å². The number of aldehydes is 1. The third-order valence-electron chi connectivity index (χ3n) is 3.45. The molecule has 0 aliphatic rings. The third-order valence-corrected chi connectivity index (χ3v) is 3.45. The molecule has 0 atom stereocenters. The monoisotopic (exact) mass is 393 g/mol. The molecule has 0 aliphatic carbocycles. The normalized spacial score (nSPS) is 11.4. The summed E-state index contributed by atoms with van der Waals surface area (Å²) in [4.78, 5) is 12.3. The van der Waals surface area contributed by atoms with Crippen LogP contribution < -0.4 is 0 Å². The fourth-order valence-electron chi connectivity index (χ4n) is 1.91. The maximum Gasteiger partial charge on any atom is 0.122 e. The van der Waals surface area contributed by atoms with Gasteiger partial charge in [0, 0.05) is 26.1 Å². The molecule has 0 aromatic carbocycles. The fraction of sp³-hybridized carbons (Fsp3) is 0.947. The molecule has 0 aromatic rings. The van der Waals surface area contributed by atoms with Crippen LogP contribution in [0.4, 0.5) is 0 Å². The van der Waals surface area contributed by atoms with E-state index in [1.165, 1.54) is 0 Å². The van der Waals surface area contributed by atoms with Crippen molar-refractivity contribution in [3.63, 3.8) is 0 Å². The highest BCUT2D eigenvalue weighted by molar-refractivity contribution is 5.49. The number of ether oxygens (including phenoxy) is 6. The lowest BCUT2D eigenvalue weighted by Crippen LogP contribution is -2.28. The Kier molecular flexibility index (Phi) is 22.9. The number of carbonyl (C=O) groups is 1. The molecule has 162 valence electrons. The van der Waals surface area contributed by atoms with Gasteiger partial charge in [0.05, 0.1) is 72.7 Å². The first-order chi connectivity index (χ1) is 13.3. The molecule has 0 rings (SSSR count). The average molecular weight is 394 g/mol. The van der Waals surface area contributed by atoms with Gasteiger partial charge in [-0.3, -0.25) is 0 Å². The van der Waals surface area contributed by atoms with Crippen LogP contribution in [0, 0.1) is 0 Å². The van der Waals surface area contributed by atoms with Gasteiger partial charge in [-0.25, -0.2) is 0 Å². The second-order valence-corrected chi connectivity index (χ2v) is 5.93. The molecular weight excluding hydrogens is 354 g/mol. The van der Waals surface area contributed by atoms with Gasteiger partial charge >= 0.3 is 0 Å². The van der Waals surface area contributed by atoms with Gasteiger partial charge in [-0.05, 0) is 13.5 Å². The van der Waals surface area contributed by atoms with E-state index in [1.807, 2.05) is 7.05 Å². The second kappa shape index (κ2) is 23.4. The van der Waals surface area contributed by atoms with Gasteiger partial charge in [-0.1, -0.05) is 6.92 Å². The van der Waals surface area contributed by atoms with Crippen LogP contribution in [0.3, 0.4) is 0 Å². The van der Waals surface area contributed by atoms with E-state index in [0.717, 1.165) is 32.4 Å². The van der Waals surface area contributed by atoms with Crippen molar-refractivity contribution in [1.29, 1.82) is 0 Å². The molecule has 0 fully saturated rings. The van der Waals surface area contributed by atoms with Crippen LogP contribution >= 0.6 is 0 Å². The molecule has 0 radical (unpaired) electrons. The number of rotatable bonds is 23. The minimum Gasteiger partial charge on any atom is -0.379 e. The van der Waals surface area contributed by atoms with Gasteiger partial charge in [0.25, 0.3) is 0 Å². The highest BCUT2D eigenvalue weighted by atomic mass is 16.5. The molecule has 0 aliphatic heterocycles. The lowest BCUT2D eigenvalue weighted by molar-refractivity contribution is -0.108. The molecular formula is C19H39NO7. The zero-order chi connectivity index (χ0) is 19.8. The van der Waals surface area contributed by atoms with E-state index in [4.69, 9.17) is 28.4 Å². The maximum atomic E-state index is 10.1. The Bertz CT molecular complexity index is 295. The largest absolute Gasteiger partial charge is 0.379 e. The summed E-state index contributed by atoms with van der Waals surface area (Å²) in [5.74, 6) is 0. The first-order valence-electron chi connectivity index (χ1n) is 9.89. The Balaban J connectivity index is 3.13. The van der Waals surface area contributed by atoms with E-state index in [2.05, 4.69) is 11.8 Å². The van der Waals surface area contributed by atoms with E-state index >= 15 is 0 Å². The van der Waals surface area contributed by atoms with Crippen molar-refractivity contribution in [3.05, 3.63) is 0 Å². The Labute approximate surface area is 164 Å². The fourth-order valence-corrected chi connectivity index (χ4v) is 1.91. The lowest BCUT2D eigenvalue weighted by atomic mass is 10.5. The molecule has 8 heteroatoms. The summed E-state index contributed by atoms with van der Waals surface area (Å²) in [6.07, 6.45) is 2.32. The average Bonchev–Trinajstić information content (AvgIpc) is 2.67. The van der Waals surface area contributed by atoms with E-state index < -0.39 is 0 Å². The van der Waals surface area contributed by atoms with Crippen molar-refractivity contribution in [2.45, 2.75) is 19.8 Å². The van der Waals surface area contributed by atoms with E-state index in [0.29, 0.717) is 79.1 Å². The quantitative estimate of drug-likeness (QED) is 0.188. The molecule has 8 nitrogen and oxygen atoms in total. The van der Waals surface area contributed by atoms with Gasteiger partial charge in [0.15, 0.2) is 0 Å². The van der Waals surface area contributed by atoms with Gasteiger partial charge in [-0.15, -0.1) is 0 Å². The van der Waals surface area contributed by atoms with Gasteiger partial charge in [-0.2, -0.15) is 0 Å². The standard InChI is InChI=1S/C19H39NO7/c1-3-8-22-12-16-26-18-14-24-10-5-20(2)6-11-25-15-19-27-17-13-23-9-4-7-21/h7H,3-6,8-19H2,1-2H3. The zero-order valence-corrected chi connectivity index (χ0v) is 17.2. The minimum absolute atomic E-state index is 0.435. The van der Waals surface area contributed by atoms with E-state index in [9.17, 15) is 4.79 Å². The highest BCUT2D eigenvalue weighted by Crippen LogP contribution is 1.88. The zero-order valence-electron chi connectivity index (χ0n) is 17.2. The smallest absolute Gasteiger partial charge is 0.122 e. The van der Waals surface area contributed by atoms with Crippen molar-refractivity contribution >= 4 is 6.29 Å². The summed E-state index contributed by atoms with van der Waals surface area (Å²) in [6.45, 7) is 11.0. The first kappa shape index (κ1) is 26.4. The van der Waals surface area contributed by atoms with E-state index in [-0.39, 0.29) is 0 Å². The van der Waals surface area contributed by atoms with Gasteiger partial charge in [0.1, 0.15) is 6.29 Å². The maximum absolute atomic E-state index is 10.1. The van der Waals surface area contributed by atoms with Crippen LogP contribution in [-0.4, -0.2) is 111 Å². The molecule has 0 bridgehead atoms. The summed E-state index contributed by atoms with van der Waals surface area (Å²) >= 11 is 0. The molecule has 0 saturated heterocycles. The summed E-state index contributed by atoms with van der Waals surface area (Å²) in [5, 5.41) is 0. The highest BCUT2D eigenvalue weighted by Gasteiger charge is 1.99. The Morgan fingerprint density at radius 3 is 1.37 bits per heavy atom. The number of nitrogens with zero attached hydrogens (tertiary/aromatic N) is 1. The van der Waals surface area contributed by atoms with Crippen molar-refractivity contribution < 1.29 is 33.2 Å². The predicted molar refractivity (Wildman–Crippen MR) is 103 cm³/mol. The second-order valence-electron chi connectivity index (χ2n) is 5.93. The summed E-state index contributed by atoms with van der Waals surface area (Å²) in [5.41, 5.74) is 0. The van der Waals surface area contributed by atoms with Gasteiger partial charge < -0.3 is 38.1 Å². The predicted octanol–water partition coefficient (Wildman–Crippen LogP) is 1.02. The van der Waals surface area contributed by atoms with Crippen LogP contribution in [0.5, 0.6) is 0 Å². The Morgan fingerprint density at radius 1 is 0.593 bits per heavy atom. The molecule has 0 heterocycles. The van der Waals surface area contributed by atoms with Crippen LogP contribution in [0.15, 0.2) is 0 Å². The summed E-state index contributed by atoms with van der Waals surface area (Å²) in [7, 11) is 2.04. The Morgan fingerprint density at radius 2 is 0.963 bits per heavy atom. The number of hydrogen-bond donors (Lipinski definition) is 0. The first-order valence-corrected chi connectivity index (χ1v) is 9.89. The van der Waals surface area contributed by atoms with Crippen molar-refractivity contribution in [1.82, 2.24) is 4.90 Å². The molecule has 0 unspecified atom stereocenters. The molecule has 0 saturated carbocycles. The summed E-state index contributed by atoms with van der Waals surface area (Å²) < 4.78 is 32.4. The van der Waals surface area contributed by atoms with Crippen molar-refractivity contribution in [3.8, 4) is 0 Å². The molecule has 0 aromatic heterocycles. The number of hydrogen-bond acceptors (Lipinski definition) is 8. The SMILES string of the molecule is CCCOCCOCCOCCN(C)CCOCCOCCOCCC=O. The number of likely N-dealkylation sites (N-methyl/N-ethyl adjacent to an activating group) is 1. The lowest BCUT2D eigenvalue weighted by Gasteiger charge is -2.16. The third kappa shape index (κ3) is 23.4. The van der Waals surface area contributed by atoms with Crippen LogP contribution in [-0.2, 0) is 33.2 Å². The van der Waals surface area contributed by atoms with Crippen LogP contribution in [0.1, 0.15) is 19.8 Å². The van der Waals surface area contributed by atoms with Gasteiger partial charge in [0.2, 0.25) is 0 Å². The van der Waals surface area contributed by atoms with Crippen molar-refractivity contribution in [2.75, 3.05) is 99.4 Å². The summed E-state index contributed by atoms with van der Waals surface area (Å²) in [6, 6.07) is 0. The number of carbonyl (C=O) groups excluding carboxylic acids is 1. The molecule has 0 N–H and O–H groups in total.